The van der Waals surface area contributed by atoms with Crippen molar-refractivity contribution < 1.29 is 14.6 Å². The fourth-order valence-electron chi connectivity index (χ4n) is 1.61. The average Bonchev–Trinajstić information content (AvgIpc) is 2.19. The van der Waals surface area contributed by atoms with E-state index >= 15 is 0 Å². The van der Waals surface area contributed by atoms with Crippen LogP contribution in [0.5, 0.6) is 17.2 Å². The number of ether oxygens (including phenoxy) is 2. The minimum absolute atomic E-state index is 0.177. The molecule has 1 aromatic rings. The highest BCUT2D eigenvalue weighted by Crippen LogP contribution is 2.38. The van der Waals surface area contributed by atoms with Gasteiger partial charge in [-0.25, -0.2) is 0 Å². The molecule has 0 radical (unpaired) electrons. The second kappa shape index (κ2) is 4.61. The van der Waals surface area contributed by atoms with Gasteiger partial charge in [0.05, 0.1) is 14.2 Å². The van der Waals surface area contributed by atoms with Crippen molar-refractivity contribution in [1.29, 1.82) is 0 Å². The molecule has 1 rings (SSSR count). The zero-order valence-electron chi connectivity index (χ0n) is 10.2. The van der Waals surface area contributed by atoms with Crippen LogP contribution in [0.25, 0.3) is 0 Å². The van der Waals surface area contributed by atoms with E-state index in [1.54, 1.807) is 26.4 Å². The minimum Gasteiger partial charge on any atom is -0.508 e. The quantitative estimate of drug-likeness (QED) is 0.818. The van der Waals surface area contributed by atoms with Crippen LogP contribution in [0, 0.1) is 0 Å². The van der Waals surface area contributed by atoms with Gasteiger partial charge in [0.1, 0.15) is 5.75 Å². The summed E-state index contributed by atoms with van der Waals surface area (Å²) in [5.41, 5.74) is 6.20. The topological polar surface area (TPSA) is 64.7 Å². The molecule has 0 bridgehead atoms. The summed E-state index contributed by atoms with van der Waals surface area (Å²) in [4.78, 5) is 0. The van der Waals surface area contributed by atoms with Crippen LogP contribution < -0.4 is 15.2 Å². The van der Waals surface area contributed by atoms with Crippen molar-refractivity contribution >= 4 is 0 Å². The van der Waals surface area contributed by atoms with E-state index in [0.29, 0.717) is 23.5 Å². The van der Waals surface area contributed by atoms with Crippen LogP contribution in [0.15, 0.2) is 12.1 Å². The molecule has 0 amide bonds. The number of benzene rings is 1. The van der Waals surface area contributed by atoms with Crippen molar-refractivity contribution in [2.75, 3.05) is 14.2 Å². The van der Waals surface area contributed by atoms with E-state index in [9.17, 15) is 5.11 Å². The molecule has 0 heterocycles. The summed E-state index contributed by atoms with van der Waals surface area (Å²) < 4.78 is 10.4. The molecule has 1 aromatic carbocycles. The van der Waals surface area contributed by atoms with E-state index in [1.165, 1.54) is 0 Å². The second-order valence-corrected chi connectivity index (χ2v) is 4.46. The number of hydrogen-bond acceptors (Lipinski definition) is 4. The second-order valence-electron chi connectivity index (χ2n) is 4.46. The third-order valence-corrected chi connectivity index (χ3v) is 2.26. The molecular weight excluding hydrogens is 206 g/mol. The lowest BCUT2D eigenvalue weighted by atomic mass is 9.94. The normalized spacial score (nSPS) is 11.3. The Morgan fingerprint density at radius 2 is 1.88 bits per heavy atom. The smallest absolute Gasteiger partial charge is 0.167 e. The van der Waals surface area contributed by atoms with Gasteiger partial charge in [-0.15, -0.1) is 0 Å². The van der Waals surface area contributed by atoms with Crippen molar-refractivity contribution in [3.8, 4) is 17.2 Å². The van der Waals surface area contributed by atoms with Crippen LogP contribution in [-0.2, 0) is 6.42 Å². The Morgan fingerprint density at radius 3 is 2.31 bits per heavy atom. The Morgan fingerprint density at radius 1 is 1.25 bits per heavy atom. The average molecular weight is 225 g/mol. The highest BCUT2D eigenvalue weighted by molar-refractivity contribution is 5.53. The van der Waals surface area contributed by atoms with E-state index in [-0.39, 0.29) is 5.75 Å². The zero-order chi connectivity index (χ0) is 12.3. The Hall–Kier alpha value is -1.42. The number of methoxy groups -OCH3 is 2. The molecule has 0 saturated carbocycles. The van der Waals surface area contributed by atoms with E-state index < -0.39 is 5.54 Å². The van der Waals surface area contributed by atoms with Crippen molar-refractivity contribution in [3.63, 3.8) is 0 Å². The molecule has 0 spiro atoms. The predicted molar refractivity (Wildman–Crippen MR) is 63.2 cm³/mol. The summed E-state index contributed by atoms with van der Waals surface area (Å²) in [5, 5.41) is 9.81. The molecular formula is C12H19NO3. The fraction of sp³-hybridized carbons (Fsp3) is 0.500. The lowest BCUT2D eigenvalue weighted by molar-refractivity contribution is 0.342. The third-order valence-electron chi connectivity index (χ3n) is 2.26. The molecule has 4 nitrogen and oxygen atoms in total. The number of phenols is 1. The maximum absolute atomic E-state index is 9.81. The lowest BCUT2D eigenvalue weighted by Gasteiger charge is -2.21. The van der Waals surface area contributed by atoms with E-state index in [2.05, 4.69) is 0 Å². The van der Waals surface area contributed by atoms with Crippen molar-refractivity contribution in [2.24, 2.45) is 5.73 Å². The monoisotopic (exact) mass is 225 g/mol. The maximum atomic E-state index is 9.81. The molecule has 0 aliphatic rings. The molecule has 0 aliphatic carbocycles. The first kappa shape index (κ1) is 12.6. The molecule has 0 aromatic heterocycles. The van der Waals surface area contributed by atoms with Crippen LogP contribution in [0.2, 0.25) is 0 Å². The summed E-state index contributed by atoms with van der Waals surface area (Å²) in [6.07, 6.45) is 0.513. The Kier molecular flexibility index (Phi) is 3.65. The van der Waals surface area contributed by atoms with Gasteiger partial charge in [-0.2, -0.15) is 0 Å². The van der Waals surface area contributed by atoms with Gasteiger partial charge in [-0.1, -0.05) is 0 Å². The number of nitrogens with two attached hydrogens (primary N) is 1. The maximum Gasteiger partial charge on any atom is 0.167 e. The van der Waals surface area contributed by atoms with Crippen LogP contribution in [0.1, 0.15) is 19.4 Å². The first-order chi connectivity index (χ1) is 7.39. The van der Waals surface area contributed by atoms with Gasteiger partial charge in [-0.3, -0.25) is 0 Å². The Balaban J connectivity index is 3.23. The van der Waals surface area contributed by atoms with E-state index in [4.69, 9.17) is 15.2 Å². The summed E-state index contributed by atoms with van der Waals surface area (Å²) in [5.74, 6) is 1.32. The molecule has 16 heavy (non-hydrogen) atoms. The number of phenolic OH excluding ortho intramolecular Hbond substituents is 1. The molecule has 0 aliphatic heterocycles. The van der Waals surface area contributed by atoms with Gasteiger partial charge < -0.3 is 20.3 Å². The number of aromatic hydroxyl groups is 1. The van der Waals surface area contributed by atoms with E-state index in [0.717, 1.165) is 0 Å². The van der Waals surface area contributed by atoms with E-state index in [1.807, 2.05) is 13.8 Å². The van der Waals surface area contributed by atoms with Crippen molar-refractivity contribution in [3.05, 3.63) is 17.7 Å². The van der Waals surface area contributed by atoms with Gasteiger partial charge >= 0.3 is 0 Å². The molecule has 4 heteroatoms. The molecule has 0 saturated heterocycles. The first-order valence-electron chi connectivity index (χ1n) is 5.10. The highest BCUT2D eigenvalue weighted by Gasteiger charge is 2.20. The lowest BCUT2D eigenvalue weighted by Crippen LogP contribution is -2.34. The Labute approximate surface area is 96.0 Å². The van der Waals surface area contributed by atoms with Gasteiger partial charge in [0, 0.05) is 11.1 Å². The predicted octanol–water partition coefficient (Wildman–Crippen LogP) is 1.69. The van der Waals surface area contributed by atoms with Crippen LogP contribution in [0.4, 0.5) is 0 Å². The highest BCUT2D eigenvalue weighted by atomic mass is 16.5. The summed E-state index contributed by atoms with van der Waals surface area (Å²) in [6.45, 7) is 3.79. The third kappa shape index (κ3) is 2.79. The summed E-state index contributed by atoms with van der Waals surface area (Å²) >= 11 is 0. The van der Waals surface area contributed by atoms with Gasteiger partial charge in [-0.05, 0) is 32.4 Å². The minimum atomic E-state index is -0.420. The number of rotatable bonds is 4. The molecule has 0 fully saturated rings. The zero-order valence-corrected chi connectivity index (χ0v) is 10.2. The molecule has 0 atom stereocenters. The number of hydrogen-bond donors (Lipinski definition) is 2. The van der Waals surface area contributed by atoms with Crippen LogP contribution in [-0.4, -0.2) is 24.9 Å². The van der Waals surface area contributed by atoms with Gasteiger partial charge in [0.25, 0.3) is 0 Å². The molecule has 0 unspecified atom stereocenters. The van der Waals surface area contributed by atoms with Crippen molar-refractivity contribution in [2.45, 2.75) is 25.8 Å². The SMILES string of the molecule is COc1ccc(O)c(CC(C)(C)N)c1OC. The summed E-state index contributed by atoms with van der Waals surface area (Å²) in [6, 6.07) is 3.25. The Bertz CT molecular complexity index is 369. The van der Waals surface area contributed by atoms with Gasteiger partial charge in [0.15, 0.2) is 11.5 Å². The fourth-order valence-corrected chi connectivity index (χ4v) is 1.61. The van der Waals surface area contributed by atoms with Crippen molar-refractivity contribution in [1.82, 2.24) is 0 Å². The summed E-state index contributed by atoms with van der Waals surface area (Å²) in [7, 11) is 3.11. The van der Waals surface area contributed by atoms with Crippen LogP contribution >= 0.6 is 0 Å². The van der Waals surface area contributed by atoms with Gasteiger partial charge in [0.2, 0.25) is 0 Å². The van der Waals surface area contributed by atoms with Crippen LogP contribution in [0.3, 0.4) is 0 Å². The standard InChI is InChI=1S/C12H19NO3/c1-12(2,13)7-8-9(14)5-6-10(15-3)11(8)16-4/h5-6,14H,7,13H2,1-4H3. The first-order valence-corrected chi connectivity index (χ1v) is 5.10. The molecule has 90 valence electrons. The molecule has 3 N–H and O–H groups in total. The largest absolute Gasteiger partial charge is 0.508 e.